The highest BCUT2D eigenvalue weighted by Gasteiger charge is 2.34. The highest BCUT2D eigenvalue weighted by atomic mass is 16.5. The molecule has 0 radical (unpaired) electrons. The molecule has 2 aromatic carbocycles. The summed E-state index contributed by atoms with van der Waals surface area (Å²) in [5.74, 6) is 8.86. The van der Waals surface area contributed by atoms with Gasteiger partial charge in [0.2, 0.25) is 0 Å². The summed E-state index contributed by atoms with van der Waals surface area (Å²) in [6, 6.07) is 15.5. The maximum atomic E-state index is 12.5. The Morgan fingerprint density at radius 3 is 2.68 bits per heavy atom. The minimum Gasteiger partial charge on any atom is -0.497 e. The first kappa shape index (κ1) is 15.5. The average molecular weight is 330 g/mol. The second-order valence-electron chi connectivity index (χ2n) is 6.18. The number of carbonyl (C=O) groups excluding carboxylic acids is 1. The zero-order valence-electron chi connectivity index (χ0n) is 14.0. The van der Waals surface area contributed by atoms with E-state index < -0.39 is 0 Å². The third kappa shape index (κ3) is 2.92. The van der Waals surface area contributed by atoms with E-state index in [0.29, 0.717) is 6.42 Å². The number of Topliss-reactive ketones (excluding diaryl/α,β-unsaturated/α-hetero) is 1. The van der Waals surface area contributed by atoms with Crippen LogP contribution in [0.25, 0.3) is 0 Å². The Bertz CT molecular complexity index is 910. The van der Waals surface area contributed by atoms with Gasteiger partial charge in [-0.15, -0.1) is 0 Å². The summed E-state index contributed by atoms with van der Waals surface area (Å²) in [7, 11) is 1.64. The molecule has 0 fully saturated rings. The van der Waals surface area contributed by atoms with Crippen molar-refractivity contribution in [2.24, 2.45) is 0 Å². The topological polar surface area (TPSA) is 35.5 Å². The van der Waals surface area contributed by atoms with Gasteiger partial charge in [-0.25, -0.2) is 0 Å². The monoisotopic (exact) mass is 330 g/mol. The molecule has 1 atom stereocenters. The largest absolute Gasteiger partial charge is 0.497 e. The van der Waals surface area contributed by atoms with Gasteiger partial charge < -0.3 is 9.47 Å². The van der Waals surface area contributed by atoms with Crippen molar-refractivity contribution in [3.8, 4) is 23.3 Å². The average Bonchev–Trinajstić information content (AvgIpc) is 2.66. The number of rotatable bonds is 1. The van der Waals surface area contributed by atoms with Crippen LogP contribution in [0.3, 0.4) is 0 Å². The summed E-state index contributed by atoms with van der Waals surface area (Å²) in [4.78, 5) is 12.5. The van der Waals surface area contributed by atoms with Crippen LogP contribution in [0.4, 0.5) is 0 Å². The fourth-order valence-electron chi connectivity index (χ4n) is 3.34. The fourth-order valence-corrected chi connectivity index (χ4v) is 3.34. The molecule has 3 nitrogen and oxygen atoms in total. The number of carbonyl (C=O) groups is 1. The molecule has 1 aliphatic carbocycles. The molecule has 4 rings (SSSR count). The van der Waals surface area contributed by atoms with Gasteiger partial charge in [-0.3, -0.25) is 4.79 Å². The smallest absolute Gasteiger partial charge is 0.163 e. The van der Waals surface area contributed by atoms with E-state index in [-0.39, 0.29) is 11.7 Å². The molecule has 1 aliphatic heterocycles. The molecule has 124 valence electrons. The van der Waals surface area contributed by atoms with Crippen molar-refractivity contribution in [1.82, 2.24) is 0 Å². The van der Waals surface area contributed by atoms with E-state index in [1.165, 1.54) is 0 Å². The molecule has 0 spiro atoms. The van der Waals surface area contributed by atoms with Gasteiger partial charge in [-0.05, 0) is 36.8 Å². The molecule has 0 aromatic heterocycles. The third-order valence-electron chi connectivity index (χ3n) is 4.61. The van der Waals surface area contributed by atoms with Crippen LogP contribution in [0.15, 0.2) is 59.9 Å². The molecule has 2 aliphatic rings. The Morgan fingerprint density at radius 2 is 1.88 bits per heavy atom. The van der Waals surface area contributed by atoms with Crippen molar-refractivity contribution in [2.75, 3.05) is 7.11 Å². The summed E-state index contributed by atoms with van der Waals surface area (Å²) in [5.41, 5.74) is 2.61. The zero-order chi connectivity index (χ0) is 17.2. The summed E-state index contributed by atoms with van der Waals surface area (Å²) < 4.78 is 11.2. The van der Waals surface area contributed by atoms with E-state index in [2.05, 4.69) is 11.8 Å². The molecular weight excluding hydrogens is 312 g/mol. The summed E-state index contributed by atoms with van der Waals surface area (Å²) in [5, 5.41) is 0. The molecule has 25 heavy (non-hydrogen) atoms. The van der Waals surface area contributed by atoms with Crippen LogP contribution in [0.5, 0.6) is 11.5 Å². The normalized spacial score (nSPS) is 18.4. The molecule has 0 amide bonds. The van der Waals surface area contributed by atoms with E-state index in [9.17, 15) is 4.79 Å². The van der Waals surface area contributed by atoms with Gasteiger partial charge in [0.1, 0.15) is 17.3 Å². The number of allylic oxidation sites excluding steroid dienone is 2. The lowest BCUT2D eigenvalue weighted by Gasteiger charge is -2.29. The van der Waals surface area contributed by atoms with E-state index in [1.807, 2.05) is 48.5 Å². The lowest BCUT2D eigenvalue weighted by Crippen LogP contribution is -2.24. The lowest BCUT2D eigenvalue weighted by atomic mass is 9.81. The first-order valence-electron chi connectivity index (χ1n) is 8.45. The van der Waals surface area contributed by atoms with Crippen LogP contribution in [0.1, 0.15) is 36.3 Å². The second-order valence-corrected chi connectivity index (χ2v) is 6.18. The molecule has 0 saturated heterocycles. The van der Waals surface area contributed by atoms with Gasteiger partial charge in [0, 0.05) is 24.0 Å². The van der Waals surface area contributed by atoms with Crippen molar-refractivity contribution >= 4 is 5.78 Å². The quantitative estimate of drug-likeness (QED) is 0.734. The van der Waals surface area contributed by atoms with Gasteiger partial charge in [0.25, 0.3) is 0 Å². The van der Waals surface area contributed by atoms with E-state index in [4.69, 9.17) is 9.47 Å². The lowest BCUT2D eigenvalue weighted by molar-refractivity contribution is -0.116. The molecule has 1 unspecified atom stereocenters. The SMILES string of the molecule is COc1ccc(C#CC2C3=C(CCCC3=O)Oc3ccccc32)cc1. The zero-order valence-corrected chi connectivity index (χ0v) is 14.0. The molecule has 0 N–H and O–H groups in total. The summed E-state index contributed by atoms with van der Waals surface area (Å²) in [6.07, 6.45) is 2.22. The van der Waals surface area contributed by atoms with Gasteiger partial charge >= 0.3 is 0 Å². The fraction of sp³-hybridized carbons (Fsp3) is 0.227. The number of benzene rings is 2. The number of ketones is 1. The van der Waals surface area contributed by atoms with E-state index >= 15 is 0 Å². The van der Waals surface area contributed by atoms with E-state index in [1.54, 1.807) is 7.11 Å². The third-order valence-corrected chi connectivity index (χ3v) is 4.61. The number of hydrogen-bond donors (Lipinski definition) is 0. The minimum atomic E-state index is -0.227. The minimum absolute atomic E-state index is 0.157. The molecule has 3 heteroatoms. The summed E-state index contributed by atoms with van der Waals surface area (Å²) >= 11 is 0. The Labute approximate surface area is 147 Å². The van der Waals surface area contributed by atoms with Crippen molar-refractivity contribution in [3.05, 3.63) is 71.0 Å². The van der Waals surface area contributed by atoms with Crippen LogP contribution in [0.2, 0.25) is 0 Å². The van der Waals surface area contributed by atoms with Crippen molar-refractivity contribution in [2.45, 2.75) is 25.2 Å². The molecule has 0 bridgehead atoms. The first-order valence-corrected chi connectivity index (χ1v) is 8.45. The predicted octanol–water partition coefficient (Wildman–Crippen LogP) is 4.23. The number of fused-ring (bicyclic) bond motifs is 1. The summed E-state index contributed by atoms with van der Waals surface area (Å²) in [6.45, 7) is 0. The number of methoxy groups -OCH3 is 1. The Balaban J connectivity index is 1.76. The maximum Gasteiger partial charge on any atom is 0.163 e. The van der Waals surface area contributed by atoms with Crippen LogP contribution in [-0.4, -0.2) is 12.9 Å². The number of ether oxygens (including phenoxy) is 2. The molecule has 2 aromatic rings. The first-order chi connectivity index (χ1) is 12.3. The van der Waals surface area contributed by atoms with Crippen LogP contribution >= 0.6 is 0 Å². The molecule has 0 saturated carbocycles. The van der Waals surface area contributed by atoms with Gasteiger partial charge in [0.15, 0.2) is 5.78 Å². The van der Waals surface area contributed by atoms with E-state index in [0.717, 1.165) is 46.8 Å². The predicted molar refractivity (Wildman–Crippen MR) is 95.6 cm³/mol. The highest BCUT2D eigenvalue weighted by molar-refractivity contribution is 5.99. The number of para-hydroxylation sites is 1. The Kier molecular flexibility index (Phi) is 4.03. The number of hydrogen-bond acceptors (Lipinski definition) is 3. The second kappa shape index (κ2) is 6.49. The van der Waals surface area contributed by atoms with Gasteiger partial charge in [-0.2, -0.15) is 0 Å². The maximum absolute atomic E-state index is 12.5. The standard InChI is InChI=1S/C22H18O3/c1-24-16-12-9-15(10-13-16)11-14-18-17-5-2-3-7-20(17)25-21-8-4-6-19(23)22(18)21/h2-3,5,7,9-10,12-13,18H,4,6,8H2,1H3. The Morgan fingerprint density at radius 1 is 1.08 bits per heavy atom. The van der Waals surface area contributed by atoms with Crippen molar-refractivity contribution in [1.29, 1.82) is 0 Å². The van der Waals surface area contributed by atoms with Gasteiger partial charge in [0.05, 0.1) is 18.6 Å². The van der Waals surface area contributed by atoms with Crippen LogP contribution < -0.4 is 9.47 Å². The van der Waals surface area contributed by atoms with Crippen molar-refractivity contribution < 1.29 is 14.3 Å². The highest BCUT2D eigenvalue weighted by Crippen LogP contribution is 2.42. The van der Waals surface area contributed by atoms with Crippen molar-refractivity contribution in [3.63, 3.8) is 0 Å². The molecular formula is C22H18O3. The van der Waals surface area contributed by atoms with Gasteiger partial charge in [-0.1, -0.05) is 30.0 Å². The van der Waals surface area contributed by atoms with Crippen LogP contribution in [-0.2, 0) is 4.79 Å². The molecule has 1 heterocycles. The Hall–Kier alpha value is -2.99. The van der Waals surface area contributed by atoms with Crippen LogP contribution in [0, 0.1) is 11.8 Å².